The van der Waals surface area contributed by atoms with Crippen LogP contribution in [0.4, 0.5) is 0 Å². The molecule has 2 aromatic rings. The lowest BCUT2D eigenvalue weighted by Gasteiger charge is -2.13. The first-order valence-corrected chi connectivity index (χ1v) is 10.1. The molecule has 0 saturated heterocycles. The van der Waals surface area contributed by atoms with Crippen molar-refractivity contribution in [1.29, 1.82) is 0 Å². The van der Waals surface area contributed by atoms with Gasteiger partial charge in [0.15, 0.2) is 5.96 Å². The summed E-state index contributed by atoms with van der Waals surface area (Å²) in [5.41, 5.74) is 2.96. The van der Waals surface area contributed by atoms with Gasteiger partial charge in [0.25, 0.3) is 5.91 Å². The molecule has 0 radical (unpaired) electrons. The van der Waals surface area contributed by atoms with E-state index in [-0.39, 0.29) is 11.9 Å². The number of nitrogens with one attached hydrogen (secondary N) is 3. The molecule has 0 aliphatic heterocycles. The maximum absolute atomic E-state index is 12.1. The average Bonchev–Trinajstić information content (AvgIpc) is 2.74. The van der Waals surface area contributed by atoms with Crippen molar-refractivity contribution in [3.05, 3.63) is 65.2 Å². The minimum Gasteiger partial charge on any atom is -0.492 e. The van der Waals surface area contributed by atoms with Gasteiger partial charge in [0.1, 0.15) is 12.4 Å². The molecule has 2 aromatic carbocycles. The van der Waals surface area contributed by atoms with Crippen LogP contribution >= 0.6 is 0 Å². The monoisotopic (exact) mass is 396 g/mol. The molecule has 156 valence electrons. The molecule has 0 saturated carbocycles. The fourth-order valence-corrected chi connectivity index (χ4v) is 2.56. The normalized spacial score (nSPS) is 12.2. The topological polar surface area (TPSA) is 74.8 Å². The third-order valence-electron chi connectivity index (χ3n) is 4.57. The SMILES string of the molecule is CCC(C)NC(=O)c1ccc(CNC(=NC)NCCOc2ccc(C)cc2)cc1. The summed E-state index contributed by atoms with van der Waals surface area (Å²) in [4.78, 5) is 16.4. The number of hydrogen-bond donors (Lipinski definition) is 3. The number of rotatable bonds is 9. The van der Waals surface area contributed by atoms with Crippen LogP contribution in [0.3, 0.4) is 0 Å². The predicted octanol–water partition coefficient (Wildman–Crippen LogP) is 3.27. The predicted molar refractivity (Wildman–Crippen MR) is 119 cm³/mol. The quantitative estimate of drug-likeness (QED) is 0.345. The molecular formula is C23H32N4O2. The van der Waals surface area contributed by atoms with E-state index in [0.29, 0.717) is 31.2 Å². The van der Waals surface area contributed by atoms with Crippen molar-refractivity contribution >= 4 is 11.9 Å². The highest BCUT2D eigenvalue weighted by Gasteiger charge is 2.08. The molecule has 6 heteroatoms. The molecule has 1 unspecified atom stereocenters. The summed E-state index contributed by atoms with van der Waals surface area (Å²) in [6.45, 7) is 7.91. The van der Waals surface area contributed by atoms with Gasteiger partial charge in [0, 0.05) is 25.2 Å². The van der Waals surface area contributed by atoms with Gasteiger partial charge in [-0.05, 0) is 50.1 Å². The Morgan fingerprint density at radius 1 is 1.07 bits per heavy atom. The molecule has 2 rings (SSSR count). The summed E-state index contributed by atoms with van der Waals surface area (Å²) in [6, 6.07) is 15.8. The highest BCUT2D eigenvalue weighted by molar-refractivity contribution is 5.94. The van der Waals surface area contributed by atoms with Crippen molar-refractivity contribution < 1.29 is 9.53 Å². The van der Waals surface area contributed by atoms with Crippen molar-refractivity contribution in [3.8, 4) is 5.75 Å². The number of aryl methyl sites for hydroxylation is 1. The lowest BCUT2D eigenvalue weighted by Crippen LogP contribution is -2.38. The molecule has 1 atom stereocenters. The molecule has 0 spiro atoms. The van der Waals surface area contributed by atoms with Crippen molar-refractivity contribution in [2.24, 2.45) is 4.99 Å². The largest absolute Gasteiger partial charge is 0.492 e. The number of amides is 1. The van der Waals surface area contributed by atoms with Crippen LogP contribution in [-0.2, 0) is 6.54 Å². The Labute approximate surface area is 173 Å². The van der Waals surface area contributed by atoms with Gasteiger partial charge in [-0.1, -0.05) is 36.8 Å². The fraction of sp³-hybridized carbons (Fsp3) is 0.391. The maximum atomic E-state index is 12.1. The molecule has 0 fully saturated rings. The van der Waals surface area contributed by atoms with E-state index in [4.69, 9.17) is 4.74 Å². The summed E-state index contributed by atoms with van der Waals surface area (Å²) in [7, 11) is 1.73. The third-order valence-corrected chi connectivity index (χ3v) is 4.57. The second-order valence-electron chi connectivity index (χ2n) is 6.99. The molecule has 29 heavy (non-hydrogen) atoms. The standard InChI is InChI=1S/C23H32N4O2/c1-5-18(3)27-22(28)20-10-8-19(9-11-20)16-26-23(24-4)25-14-15-29-21-12-6-17(2)7-13-21/h6-13,18H,5,14-16H2,1-4H3,(H,27,28)(H2,24,25,26). The van der Waals surface area contributed by atoms with Crippen molar-refractivity contribution in [1.82, 2.24) is 16.0 Å². The second-order valence-corrected chi connectivity index (χ2v) is 6.99. The number of carbonyl (C=O) groups excluding carboxylic acids is 1. The maximum Gasteiger partial charge on any atom is 0.251 e. The van der Waals surface area contributed by atoms with Crippen molar-refractivity contribution in [3.63, 3.8) is 0 Å². The Hall–Kier alpha value is -3.02. The summed E-state index contributed by atoms with van der Waals surface area (Å²) >= 11 is 0. The van der Waals surface area contributed by atoms with E-state index in [9.17, 15) is 4.79 Å². The Morgan fingerprint density at radius 3 is 2.38 bits per heavy atom. The highest BCUT2D eigenvalue weighted by atomic mass is 16.5. The van der Waals surface area contributed by atoms with Crippen LogP contribution in [0.2, 0.25) is 0 Å². The van der Waals surface area contributed by atoms with Gasteiger partial charge < -0.3 is 20.7 Å². The van der Waals surface area contributed by atoms with Gasteiger partial charge in [-0.2, -0.15) is 0 Å². The Bertz CT molecular complexity index is 786. The average molecular weight is 397 g/mol. The first kappa shape index (κ1) is 22.3. The molecule has 0 heterocycles. The van der Waals surface area contributed by atoms with E-state index in [1.54, 1.807) is 7.05 Å². The first-order chi connectivity index (χ1) is 14.0. The minimum absolute atomic E-state index is 0.0371. The molecule has 0 aromatic heterocycles. The van der Waals surface area contributed by atoms with Gasteiger partial charge in [-0.25, -0.2) is 0 Å². The first-order valence-electron chi connectivity index (χ1n) is 10.1. The van der Waals surface area contributed by atoms with Gasteiger partial charge in [0.05, 0.1) is 6.54 Å². The van der Waals surface area contributed by atoms with E-state index in [2.05, 4.69) is 34.8 Å². The number of benzene rings is 2. The van der Waals surface area contributed by atoms with Crippen LogP contribution in [-0.4, -0.2) is 38.1 Å². The van der Waals surface area contributed by atoms with Crippen LogP contribution in [0, 0.1) is 6.92 Å². The molecule has 1 amide bonds. The van der Waals surface area contributed by atoms with E-state index < -0.39 is 0 Å². The lowest BCUT2D eigenvalue weighted by molar-refractivity contribution is 0.0939. The van der Waals surface area contributed by atoms with Gasteiger partial charge in [0.2, 0.25) is 0 Å². The number of ether oxygens (including phenoxy) is 1. The van der Waals surface area contributed by atoms with Gasteiger partial charge >= 0.3 is 0 Å². The van der Waals surface area contributed by atoms with Crippen LogP contribution in [0.15, 0.2) is 53.5 Å². The van der Waals surface area contributed by atoms with Crippen molar-refractivity contribution in [2.75, 3.05) is 20.2 Å². The van der Waals surface area contributed by atoms with Crippen LogP contribution in [0.5, 0.6) is 5.75 Å². The zero-order valence-electron chi connectivity index (χ0n) is 17.8. The zero-order chi connectivity index (χ0) is 21.1. The molecule has 0 bridgehead atoms. The van der Waals surface area contributed by atoms with E-state index in [1.165, 1.54) is 5.56 Å². The Balaban J connectivity index is 1.72. The smallest absolute Gasteiger partial charge is 0.251 e. The number of hydrogen-bond acceptors (Lipinski definition) is 3. The summed E-state index contributed by atoms with van der Waals surface area (Å²) < 4.78 is 5.71. The molecule has 0 aliphatic carbocycles. The molecular weight excluding hydrogens is 364 g/mol. The third kappa shape index (κ3) is 7.86. The number of guanidine groups is 1. The lowest BCUT2D eigenvalue weighted by atomic mass is 10.1. The highest BCUT2D eigenvalue weighted by Crippen LogP contribution is 2.10. The summed E-state index contributed by atoms with van der Waals surface area (Å²) in [5, 5.41) is 9.47. The van der Waals surface area contributed by atoms with E-state index in [0.717, 1.165) is 17.7 Å². The van der Waals surface area contributed by atoms with Gasteiger partial charge in [-0.15, -0.1) is 0 Å². The van der Waals surface area contributed by atoms with E-state index in [1.807, 2.05) is 55.5 Å². The number of aliphatic imine (C=N–C) groups is 1. The Morgan fingerprint density at radius 2 is 1.76 bits per heavy atom. The van der Waals surface area contributed by atoms with Crippen LogP contribution in [0.1, 0.15) is 41.8 Å². The van der Waals surface area contributed by atoms with E-state index >= 15 is 0 Å². The number of carbonyl (C=O) groups is 1. The number of nitrogens with zero attached hydrogens (tertiary/aromatic N) is 1. The second kappa shape index (κ2) is 11.7. The van der Waals surface area contributed by atoms with Gasteiger partial charge in [-0.3, -0.25) is 9.79 Å². The summed E-state index contributed by atoms with van der Waals surface area (Å²) in [5.74, 6) is 1.53. The Kier molecular flexibility index (Phi) is 9.02. The fourth-order valence-electron chi connectivity index (χ4n) is 2.56. The summed E-state index contributed by atoms with van der Waals surface area (Å²) in [6.07, 6.45) is 0.913. The molecule has 0 aliphatic rings. The van der Waals surface area contributed by atoms with Crippen LogP contribution in [0.25, 0.3) is 0 Å². The molecule has 6 nitrogen and oxygen atoms in total. The molecule has 3 N–H and O–H groups in total. The van der Waals surface area contributed by atoms with Crippen LogP contribution < -0.4 is 20.7 Å². The zero-order valence-corrected chi connectivity index (χ0v) is 17.8. The minimum atomic E-state index is -0.0371. The van der Waals surface area contributed by atoms with Crippen molar-refractivity contribution in [2.45, 2.75) is 39.8 Å².